The maximum absolute atomic E-state index is 12.2. The van der Waals surface area contributed by atoms with Crippen LogP contribution in [-0.4, -0.2) is 59.4 Å². The smallest absolute Gasteiger partial charge is 0.289 e. The predicted octanol–water partition coefficient (Wildman–Crippen LogP) is 0.948. The molecule has 1 aliphatic heterocycles. The molecule has 8 nitrogen and oxygen atoms in total. The number of furan rings is 1. The number of hydrogen-bond donors (Lipinski definition) is 1. The van der Waals surface area contributed by atoms with Crippen LogP contribution in [0.15, 0.2) is 47.9 Å². The summed E-state index contributed by atoms with van der Waals surface area (Å²) in [6.07, 6.45) is 6.10. The number of carbonyl (C=O) groups excluding carboxylic acids is 2. The summed E-state index contributed by atoms with van der Waals surface area (Å²) in [5, 5.41) is 2.68. The van der Waals surface area contributed by atoms with Crippen LogP contribution < -0.4 is 10.2 Å². The zero-order valence-electron chi connectivity index (χ0n) is 13.7. The number of nitrogens with one attached hydrogen (secondary N) is 1. The molecular formula is C17H19N5O3. The molecule has 3 rings (SSSR count). The highest BCUT2D eigenvalue weighted by Gasteiger charge is 2.24. The molecule has 1 aliphatic rings. The highest BCUT2D eigenvalue weighted by Crippen LogP contribution is 2.13. The highest BCUT2D eigenvalue weighted by atomic mass is 16.3. The molecule has 130 valence electrons. The third-order valence-corrected chi connectivity index (χ3v) is 3.89. The molecule has 3 heterocycles. The van der Waals surface area contributed by atoms with Crippen LogP contribution in [0.25, 0.3) is 0 Å². The number of piperazine rings is 1. The Hall–Kier alpha value is -3.16. The number of nitrogens with zero attached hydrogens (tertiary/aromatic N) is 4. The molecule has 0 spiro atoms. The lowest BCUT2D eigenvalue weighted by Gasteiger charge is -2.34. The van der Waals surface area contributed by atoms with E-state index >= 15 is 0 Å². The van der Waals surface area contributed by atoms with Crippen molar-refractivity contribution in [3.63, 3.8) is 0 Å². The SMILES string of the molecule is C=CCNC(=O)c1cnc(N2CCN(C(=O)c3ccco3)CC2)nc1. The number of carbonyl (C=O) groups is 2. The lowest BCUT2D eigenvalue weighted by Crippen LogP contribution is -2.49. The Morgan fingerprint density at radius 2 is 1.96 bits per heavy atom. The van der Waals surface area contributed by atoms with E-state index in [1.807, 2.05) is 4.90 Å². The summed E-state index contributed by atoms with van der Waals surface area (Å²) in [6, 6.07) is 3.36. The summed E-state index contributed by atoms with van der Waals surface area (Å²) in [5.41, 5.74) is 0.400. The maximum Gasteiger partial charge on any atom is 0.289 e. The lowest BCUT2D eigenvalue weighted by atomic mass is 10.3. The number of rotatable bonds is 5. The van der Waals surface area contributed by atoms with Crippen molar-refractivity contribution in [3.05, 3.63) is 54.8 Å². The summed E-state index contributed by atoms with van der Waals surface area (Å²) in [6.45, 7) is 6.30. The third-order valence-electron chi connectivity index (χ3n) is 3.89. The minimum absolute atomic E-state index is 0.111. The Morgan fingerprint density at radius 1 is 1.24 bits per heavy atom. The maximum atomic E-state index is 12.2. The molecule has 1 N–H and O–H groups in total. The molecule has 0 bridgehead atoms. The van der Waals surface area contributed by atoms with Gasteiger partial charge in [-0.15, -0.1) is 6.58 Å². The normalized spacial score (nSPS) is 14.2. The van der Waals surface area contributed by atoms with Gasteiger partial charge in [-0.3, -0.25) is 9.59 Å². The standard InChI is InChI=1S/C17H19N5O3/c1-2-5-18-15(23)13-11-19-17(20-12-13)22-8-6-21(7-9-22)16(24)14-4-3-10-25-14/h2-4,10-12H,1,5-9H2,(H,18,23). The van der Waals surface area contributed by atoms with Gasteiger partial charge in [0.25, 0.3) is 11.8 Å². The van der Waals surface area contributed by atoms with E-state index in [9.17, 15) is 9.59 Å². The molecule has 0 atom stereocenters. The molecule has 0 saturated carbocycles. The van der Waals surface area contributed by atoms with Gasteiger partial charge in [0, 0.05) is 45.1 Å². The van der Waals surface area contributed by atoms with Crippen molar-refractivity contribution in [1.29, 1.82) is 0 Å². The second-order valence-corrected chi connectivity index (χ2v) is 5.53. The summed E-state index contributed by atoms with van der Waals surface area (Å²) in [5.74, 6) is 0.546. The Morgan fingerprint density at radius 3 is 2.56 bits per heavy atom. The summed E-state index contributed by atoms with van der Waals surface area (Å²) in [7, 11) is 0. The van der Waals surface area contributed by atoms with Crippen molar-refractivity contribution < 1.29 is 14.0 Å². The van der Waals surface area contributed by atoms with Gasteiger partial charge in [0.15, 0.2) is 5.76 Å². The largest absolute Gasteiger partial charge is 0.459 e. The molecular weight excluding hydrogens is 322 g/mol. The van der Waals surface area contributed by atoms with Crippen molar-refractivity contribution in [2.75, 3.05) is 37.6 Å². The fourth-order valence-electron chi connectivity index (χ4n) is 2.53. The van der Waals surface area contributed by atoms with E-state index in [1.165, 1.54) is 18.7 Å². The van der Waals surface area contributed by atoms with Gasteiger partial charge in [0.2, 0.25) is 5.95 Å². The monoisotopic (exact) mass is 341 g/mol. The number of amides is 2. The van der Waals surface area contributed by atoms with E-state index < -0.39 is 0 Å². The minimum atomic E-state index is -0.236. The Balaban J connectivity index is 1.57. The van der Waals surface area contributed by atoms with E-state index in [0.717, 1.165) is 0 Å². The molecule has 1 saturated heterocycles. The zero-order valence-corrected chi connectivity index (χ0v) is 13.7. The summed E-state index contributed by atoms with van der Waals surface area (Å²) >= 11 is 0. The predicted molar refractivity (Wildman–Crippen MR) is 91.4 cm³/mol. The Labute approximate surface area is 145 Å². The average molecular weight is 341 g/mol. The Kier molecular flexibility index (Phi) is 5.08. The van der Waals surface area contributed by atoms with Gasteiger partial charge in [0.05, 0.1) is 11.8 Å². The number of hydrogen-bond acceptors (Lipinski definition) is 6. The topological polar surface area (TPSA) is 91.6 Å². The number of anilines is 1. The van der Waals surface area contributed by atoms with Crippen LogP contribution in [0.4, 0.5) is 5.95 Å². The molecule has 8 heteroatoms. The first kappa shape index (κ1) is 16.7. The van der Waals surface area contributed by atoms with Gasteiger partial charge in [-0.2, -0.15) is 0 Å². The van der Waals surface area contributed by atoms with Gasteiger partial charge in [-0.05, 0) is 12.1 Å². The molecule has 0 aliphatic carbocycles. The van der Waals surface area contributed by atoms with Crippen molar-refractivity contribution in [2.45, 2.75) is 0 Å². The van der Waals surface area contributed by atoms with Gasteiger partial charge in [0.1, 0.15) is 0 Å². The molecule has 2 amide bonds. The van der Waals surface area contributed by atoms with Gasteiger partial charge in [-0.25, -0.2) is 9.97 Å². The first-order valence-electron chi connectivity index (χ1n) is 7.98. The molecule has 25 heavy (non-hydrogen) atoms. The molecule has 0 unspecified atom stereocenters. The molecule has 2 aromatic rings. The summed E-state index contributed by atoms with van der Waals surface area (Å²) < 4.78 is 5.15. The van der Waals surface area contributed by atoms with Crippen molar-refractivity contribution >= 4 is 17.8 Å². The van der Waals surface area contributed by atoms with Crippen molar-refractivity contribution in [3.8, 4) is 0 Å². The van der Waals surface area contributed by atoms with Crippen LogP contribution in [0.2, 0.25) is 0 Å². The minimum Gasteiger partial charge on any atom is -0.459 e. The molecule has 0 radical (unpaired) electrons. The summed E-state index contributed by atoms with van der Waals surface area (Å²) in [4.78, 5) is 36.3. The van der Waals surface area contributed by atoms with E-state index in [0.29, 0.717) is 50.0 Å². The third kappa shape index (κ3) is 3.85. The fraction of sp³-hybridized carbons (Fsp3) is 0.294. The van der Waals surface area contributed by atoms with Gasteiger partial charge >= 0.3 is 0 Å². The first-order chi connectivity index (χ1) is 12.2. The van der Waals surface area contributed by atoms with Crippen LogP contribution in [0.1, 0.15) is 20.9 Å². The second kappa shape index (κ2) is 7.61. The molecule has 2 aromatic heterocycles. The van der Waals surface area contributed by atoms with Crippen LogP contribution >= 0.6 is 0 Å². The fourth-order valence-corrected chi connectivity index (χ4v) is 2.53. The molecule has 1 fully saturated rings. The number of aromatic nitrogens is 2. The average Bonchev–Trinajstić information content (AvgIpc) is 3.20. The first-order valence-corrected chi connectivity index (χ1v) is 7.98. The van der Waals surface area contributed by atoms with Gasteiger partial charge in [-0.1, -0.05) is 6.08 Å². The zero-order chi connectivity index (χ0) is 17.6. The van der Waals surface area contributed by atoms with E-state index in [4.69, 9.17) is 4.42 Å². The van der Waals surface area contributed by atoms with E-state index in [2.05, 4.69) is 21.9 Å². The van der Waals surface area contributed by atoms with Gasteiger partial charge < -0.3 is 19.5 Å². The lowest BCUT2D eigenvalue weighted by molar-refractivity contribution is 0.0714. The highest BCUT2D eigenvalue weighted by molar-refractivity contribution is 5.93. The van der Waals surface area contributed by atoms with Crippen LogP contribution in [-0.2, 0) is 0 Å². The van der Waals surface area contributed by atoms with Crippen molar-refractivity contribution in [2.24, 2.45) is 0 Å². The van der Waals surface area contributed by atoms with Crippen LogP contribution in [0.5, 0.6) is 0 Å². The molecule has 0 aromatic carbocycles. The van der Waals surface area contributed by atoms with Crippen LogP contribution in [0.3, 0.4) is 0 Å². The van der Waals surface area contributed by atoms with Crippen molar-refractivity contribution in [1.82, 2.24) is 20.2 Å². The Bertz CT molecular complexity index is 734. The quantitative estimate of drug-likeness (QED) is 0.814. The second-order valence-electron chi connectivity index (χ2n) is 5.53. The van der Waals surface area contributed by atoms with E-state index in [-0.39, 0.29) is 11.8 Å². The van der Waals surface area contributed by atoms with Crippen LogP contribution in [0, 0.1) is 0 Å². The van der Waals surface area contributed by atoms with E-state index in [1.54, 1.807) is 23.1 Å².